The molecule has 0 aliphatic heterocycles. The monoisotopic (exact) mass is 178 g/mol. The number of hydrogen-bond acceptors (Lipinski definition) is 2. The Kier molecular flexibility index (Phi) is 2.66. The van der Waals surface area contributed by atoms with Crippen LogP contribution < -0.4 is 0 Å². The molecule has 0 aromatic carbocycles. The van der Waals surface area contributed by atoms with E-state index in [2.05, 4.69) is 11.7 Å². The molecule has 3 heteroatoms. The Morgan fingerprint density at radius 3 is 2.77 bits per heavy atom. The van der Waals surface area contributed by atoms with Crippen molar-refractivity contribution in [3.05, 3.63) is 29.6 Å². The van der Waals surface area contributed by atoms with Gasteiger partial charge in [0.2, 0.25) is 0 Å². The summed E-state index contributed by atoms with van der Waals surface area (Å²) in [7, 11) is 1.81. The molecular weight excluding hydrogens is 164 g/mol. The number of carbonyl (C=O) groups is 1. The minimum absolute atomic E-state index is 0.00931. The van der Waals surface area contributed by atoms with Crippen LogP contribution in [0.15, 0.2) is 18.3 Å². The summed E-state index contributed by atoms with van der Waals surface area (Å²) < 4.78 is 1.66. The number of carbonyl (C=O) groups excluding carboxylic acids is 1. The second-order valence-electron chi connectivity index (χ2n) is 3.13. The number of nitrogens with zero attached hydrogens (tertiary/aromatic N) is 2. The van der Waals surface area contributed by atoms with Gasteiger partial charge in [0.05, 0.1) is 11.3 Å². The maximum Gasteiger partial charge on any atom is 0.191 e. The third-order valence-electron chi connectivity index (χ3n) is 1.87. The molecule has 1 aromatic heterocycles. The van der Waals surface area contributed by atoms with Gasteiger partial charge in [-0.2, -0.15) is 5.10 Å². The molecule has 0 saturated carbocycles. The summed E-state index contributed by atoms with van der Waals surface area (Å²) >= 11 is 0. The van der Waals surface area contributed by atoms with E-state index in [0.29, 0.717) is 11.1 Å². The van der Waals surface area contributed by atoms with E-state index in [0.717, 1.165) is 12.1 Å². The van der Waals surface area contributed by atoms with Gasteiger partial charge in [-0.25, -0.2) is 0 Å². The highest BCUT2D eigenvalue weighted by atomic mass is 16.1. The van der Waals surface area contributed by atoms with Crippen LogP contribution in [0.2, 0.25) is 0 Å². The van der Waals surface area contributed by atoms with E-state index in [1.165, 1.54) is 0 Å². The number of ketones is 1. The molecule has 3 nitrogen and oxygen atoms in total. The lowest BCUT2D eigenvalue weighted by Crippen LogP contribution is -2.01. The summed E-state index contributed by atoms with van der Waals surface area (Å²) in [5, 5.41) is 4.19. The average Bonchev–Trinajstić information content (AvgIpc) is 2.45. The molecule has 1 aromatic rings. The summed E-state index contributed by atoms with van der Waals surface area (Å²) in [6.07, 6.45) is 2.52. The molecule has 1 heterocycles. The molecule has 0 spiro atoms. The van der Waals surface area contributed by atoms with Gasteiger partial charge in [-0.3, -0.25) is 9.48 Å². The maximum absolute atomic E-state index is 11.6. The van der Waals surface area contributed by atoms with Gasteiger partial charge in [-0.15, -0.1) is 0 Å². The van der Waals surface area contributed by atoms with Crippen molar-refractivity contribution in [2.45, 2.75) is 20.3 Å². The number of aromatic nitrogens is 2. The minimum atomic E-state index is -0.00931. The number of rotatable bonds is 3. The van der Waals surface area contributed by atoms with Crippen LogP contribution in [0.3, 0.4) is 0 Å². The van der Waals surface area contributed by atoms with Gasteiger partial charge in [-0.1, -0.05) is 13.5 Å². The van der Waals surface area contributed by atoms with Crippen LogP contribution in [-0.4, -0.2) is 15.6 Å². The third kappa shape index (κ3) is 1.86. The van der Waals surface area contributed by atoms with Crippen molar-refractivity contribution in [2.24, 2.45) is 7.05 Å². The van der Waals surface area contributed by atoms with Gasteiger partial charge in [0, 0.05) is 13.2 Å². The van der Waals surface area contributed by atoms with Crippen molar-refractivity contribution in [2.75, 3.05) is 0 Å². The average molecular weight is 178 g/mol. The lowest BCUT2D eigenvalue weighted by Gasteiger charge is -1.96. The molecule has 0 fully saturated rings. The second kappa shape index (κ2) is 3.56. The van der Waals surface area contributed by atoms with E-state index < -0.39 is 0 Å². The highest BCUT2D eigenvalue weighted by Gasteiger charge is 2.14. The topological polar surface area (TPSA) is 34.9 Å². The Labute approximate surface area is 78.1 Å². The van der Waals surface area contributed by atoms with Crippen LogP contribution in [0.25, 0.3) is 0 Å². The van der Waals surface area contributed by atoms with Crippen LogP contribution in [0, 0.1) is 0 Å². The van der Waals surface area contributed by atoms with Gasteiger partial charge in [0.15, 0.2) is 5.78 Å². The number of aryl methyl sites for hydroxylation is 2. The molecule has 0 aliphatic rings. The molecule has 1 rings (SSSR count). The number of Topliss-reactive ketones (excluding diaryl/α,β-unsaturated/α-hetero) is 1. The largest absolute Gasteiger partial charge is 0.289 e. The van der Waals surface area contributed by atoms with Crippen molar-refractivity contribution in [1.29, 1.82) is 0 Å². The molecular formula is C10H14N2O. The van der Waals surface area contributed by atoms with E-state index in [1.54, 1.807) is 17.8 Å². The van der Waals surface area contributed by atoms with Crippen molar-refractivity contribution >= 4 is 5.78 Å². The smallest absolute Gasteiger partial charge is 0.191 e. The Morgan fingerprint density at radius 2 is 2.31 bits per heavy atom. The maximum atomic E-state index is 11.6. The Balaban J connectivity index is 3.12. The van der Waals surface area contributed by atoms with Gasteiger partial charge >= 0.3 is 0 Å². The van der Waals surface area contributed by atoms with Gasteiger partial charge in [-0.05, 0) is 18.9 Å². The van der Waals surface area contributed by atoms with Crippen molar-refractivity contribution in [1.82, 2.24) is 9.78 Å². The molecule has 70 valence electrons. The minimum Gasteiger partial charge on any atom is -0.289 e. The summed E-state index contributed by atoms with van der Waals surface area (Å²) in [6, 6.07) is 0. The van der Waals surface area contributed by atoms with Gasteiger partial charge in [0.25, 0.3) is 0 Å². The van der Waals surface area contributed by atoms with Crippen molar-refractivity contribution in [3.63, 3.8) is 0 Å². The van der Waals surface area contributed by atoms with Crippen LogP contribution in [0.1, 0.15) is 29.9 Å². The Hall–Kier alpha value is -1.38. The molecule has 0 radical (unpaired) electrons. The van der Waals surface area contributed by atoms with E-state index in [-0.39, 0.29) is 5.78 Å². The van der Waals surface area contributed by atoms with Gasteiger partial charge < -0.3 is 0 Å². The molecule has 0 amide bonds. The van der Waals surface area contributed by atoms with Crippen LogP contribution in [0.4, 0.5) is 0 Å². The van der Waals surface area contributed by atoms with E-state index in [1.807, 2.05) is 14.0 Å². The fraction of sp³-hybridized carbons (Fsp3) is 0.400. The first-order chi connectivity index (χ1) is 6.06. The third-order valence-corrected chi connectivity index (χ3v) is 1.87. The summed E-state index contributed by atoms with van der Waals surface area (Å²) in [5.74, 6) is -0.00931. The quantitative estimate of drug-likeness (QED) is 0.522. The van der Waals surface area contributed by atoms with E-state index in [9.17, 15) is 4.79 Å². The SMILES string of the molecule is C=C(C)C(=O)c1cn(C)nc1CC. The fourth-order valence-corrected chi connectivity index (χ4v) is 1.22. The second-order valence-corrected chi connectivity index (χ2v) is 3.13. The predicted octanol–water partition coefficient (Wildman–Crippen LogP) is 1.74. The summed E-state index contributed by atoms with van der Waals surface area (Å²) in [6.45, 7) is 7.33. The van der Waals surface area contributed by atoms with E-state index >= 15 is 0 Å². The molecule has 0 N–H and O–H groups in total. The molecule has 0 saturated heterocycles. The molecule has 13 heavy (non-hydrogen) atoms. The zero-order valence-electron chi connectivity index (χ0n) is 8.29. The summed E-state index contributed by atoms with van der Waals surface area (Å²) in [5.41, 5.74) is 2.08. The van der Waals surface area contributed by atoms with Crippen LogP contribution in [-0.2, 0) is 13.5 Å². The lowest BCUT2D eigenvalue weighted by atomic mass is 10.1. The molecule has 0 atom stereocenters. The highest BCUT2D eigenvalue weighted by Crippen LogP contribution is 2.11. The van der Waals surface area contributed by atoms with Crippen LogP contribution >= 0.6 is 0 Å². The zero-order chi connectivity index (χ0) is 10.0. The van der Waals surface area contributed by atoms with E-state index in [4.69, 9.17) is 0 Å². The molecule has 0 aliphatic carbocycles. The Bertz CT molecular complexity index is 350. The fourth-order valence-electron chi connectivity index (χ4n) is 1.22. The zero-order valence-corrected chi connectivity index (χ0v) is 8.29. The first-order valence-corrected chi connectivity index (χ1v) is 4.29. The normalized spacial score (nSPS) is 10.1. The van der Waals surface area contributed by atoms with Crippen LogP contribution in [0.5, 0.6) is 0 Å². The standard InChI is InChI=1S/C10H14N2O/c1-5-9-8(6-12(4)11-9)10(13)7(2)3/h6H,2,5H2,1,3-4H3. The van der Waals surface area contributed by atoms with Crippen molar-refractivity contribution in [3.8, 4) is 0 Å². The molecule has 0 bridgehead atoms. The summed E-state index contributed by atoms with van der Waals surface area (Å²) in [4.78, 5) is 11.6. The number of hydrogen-bond donors (Lipinski definition) is 0. The first-order valence-electron chi connectivity index (χ1n) is 4.29. The lowest BCUT2D eigenvalue weighted by molar-refractivity contribution is 0.103. The van der Waals surface area contributed by atoms with Crippen molar-refractivity contribution < 1.29 is 4.79 Å². The highest BCUT2D eigenvalue weighted by molar-refractivity contribution is 6.08. The molecule has 0 unspecified atom stereocenters. The number of allylic oxidation sites excluding steroid dienone is 1. The Morgan fingerprint density at radius 1 is 1.69 bits per heavy atom. The van der Waals surface area contributed by atoms with Gasteiger partial charge in [0.1, 0.15) is 0 Å². The first kappa shape index (κ1) is 9.71. The predicted molar refractivity (Wildman–Crippen MR) is 51.7 cm³/mol.